The zero-order valence-corrected chi connectivity index (χ0v) is 12.8. The molecule has 1 aliphatic rings. The van der Waals surface area contributed by atoms with Gasteiger partial charge < -0.3 is 5.73 Å². The number of benzene rings is 1. The van der Waals surface area contributed by atoms with Crippen molar-refractivity contribution in [3.63, 3.8) is 0 Å². The van der Waals surface area contributed by atoms with E-state index >= 15 is 0 Å². The van der Waals surface area contributed by atoms with E-state index in [-0.39, 0.29) is 5.84 Å². The van der Waals surface area contributed by atoms with Gasteiger partial charge in [0.15, 0.2) is 0 Å². The van der Waals surface area contributed by atoms with Crippen LogP contribution < -0.4 is 5.73 Å². The van der Waals surface area contributed by atoms with E-state index in [2.05, 4.69) is 24.9 Å². The summed E-state index contributed by atoms with van der Waals surface area (Å²) in [5, 5.41) is 7.50. The Bertz CT molecular complexity index is 459. The quantitative estimate of drug-likeness (QED) is 0.501. The lowest BCUT2D eigenvalue weighted by atomic mass is 10.0. The second-order valence-corrected chi connectivity index (χ2v) is 6.12. The zero-order chi connectivity index (χ0) is 14.5. The molecule has 0 atom stereocenters. The van der Waals surface area contributed by atoms with Crippen LogP contribution in [0.1, 0.15) is 55.2 Å². The fraction of sp³-hybridized carbons (Fsp3) is 0.588. The molecule has 0 aliphatic heterocycles. The molecule has 1 aromatic carbocycles. The maximum Gasteiger partial charge on any atom is 0.122 e. The van der Waals surface area contributed by atoms with E-state index in [9.17, 15) is 0 Å². The van der Waals surface area contributed by atoms with Crippen LogP contribution in [0.2, 0.25) is 0 Å². The third kappa shape index (κ3) is 3.83. The van der Waals surface area contributed by atoms with Crippen molar-refractivity contribution >= 4 is 5.84 Å². The minimum atomic E-state index is 0.150. The van der Waals surface area contributed by atoms with Gasteiger partial charge in [-0.15, -0.1) is 0 Å². The lowest BCUT2D eigenvalue weighted by molar-refractivity contribution is 0.212. The standard InChI is InChI=1S/C17H27N3/c1-13-11-14(17(18)19)9-10-15(13)12-20(2)16-7-5-3-4-6-8-16/h9-11,16H,3-8,12H2,1-2H3,(H3,18,19). The SMILES string of the molecule is Cc1cc(C(=N)N)ccc1CN(C)C1CCCCCC1. The second kappa shape index (κ2) is 6.89. The average Bonchev–Trinajstić information content (AvgIpc) is 2.69. The summed E-state index contributed by atoms with van der Waals surface area (Å²) in [6.45, 7) is 3.11. The van der Waals surface area contributed by atoms with E-state index < -0.39 is 0 Å². The molecule has 0 saturated heterocycles. The molecule has 3 heteroatoms. The number of nitrogens with one attached hydrogen (secondary N) is 1. The first-order valence-electron chi connectivity index (χ1n) is 7.72. The molecule has 2 rings (SSSR count). The van der Waals surface area contributed by atoms with Gasteiger partial charge in [-0.1, -0.05) is 37.8 Å². The molecule has 1 aliphatic carbocycles. The number of amidine groups is 1. The fourth-order valence-electron chi connectivity index (χ4n) is 3.14. The molecular formula is C17H27N3. The van der Waals surface area contributed by atoms with Crippen LogP contribution in [-0.2, 0) is 6.54 Å². The molecule has 3 nitrogen and oxygen atoms in total. The predicted molar refractivity (Wildman–Crippen MR) is 85.2 cm³/mol. The van der Waals surface area contributed by atoms with Crippen molar-refractivity contribution in [2.45, 2.75) is 58.0 Å². The van der Waals surface area contributed by atoms with Gasteiger partial charge in [-0.2, -0.15) is 0 Å². The van der Waals surface area contributed by atoms with Gasteiger partial charge in [0.2, 0.25) is 0 Å². The Morgan fingerprint density at radius 2 is 1.90 bits per heavy atom. The normalized spacial score (nSPS) is 17.1. The van der Waals surface area contributed by atoms with Crippen molar-refractivity contribution in [1.29, 1.82) is 5.41 Å². The van der Waals surface area contributed by atoms with Crippen LogP contribution >= 0.6 is 0 Å². The summed E-state index contributed by atoms with van der Waals surface area (Å²) in [6.07, 6.45) is 8.21. The fourth-order valence-corrected chi connectivity index (χ4v) is 3.14. The number of rotatable bonds is 4. The highest BCUT2D eigenvalue weighted by atomic mass is 15.1. The van der Waals surface area contributed by atoms with Gasteiger partial charge in [0, 0.05) is 18.2 Å². The van der Waals surface area contributed by atoms with Crippen LogP contribution in [0.5, 0.6) is 0 Å². The minimum Gasteiger partial charge on any atom is -0.384 e. The van der Waals surface area contributed by atoms with Gasteiger partial charge in [-0.05, 0) is 44.0 Å². The van der Waals surface area contributed by atoms with E-state index in [4.69, 9.17) is 11.1 Å². The van der Waals surface area contributed by atoms with E-state index in [1.165, 1.54) is 49.7 Å². The molecule has 1 fully saturated rings. The lowest BCUT2D eigenvalue weighted by Crippen LogP contribution is -2.31. The number of aryl methyl sites for hydroxylation is 1. The zero-order valence-electron chi connectivity index (χ0n) is 12.8. The second-order valence-electron chi connectivity index (χ2n) is 6.12. The van der Waals surface area contributed by atoms with Crippen LogP contribution in [0.25, 0.3) is 0 Å². The first kappa shape index (κ1) is 15.0. The van der Waals surface area contributed by atoms with E-state index in [0.717, 1.165) is 18.2 Å². The highest BCUT2D eigenvalue weighted by Crippen LogP contribution is 2.23. The molecule has 110 valence electrons. The van der Waals surface area contributed by atoms with Gasteiger partial charge >= 0.3 is 0 Å². The molecule has 0 spiro atoms. The monoisotopic (exact) mass is 273 g/mol. The van der Waals surface area contributed by atoms with Crippen molar-refractivity contribution in [3.05, 3.63) is 34.9 Å². The summed E-state index contributed by atoms with van der Waals surface area (Å²) >= 11 is 0. The smallest absolute Gasteiger partial charge is 0.122 e. The van der Waals surface area contributed by atoms with Crippen LogP contribution in [0.15, 0.2) is 18.2 Å². The Balaban J connectivity index is 2.03. The first-order chi connectivity index (χ1) is 9.58. The largest absolute Gasteiger partial charge is 0.384 e. The molecule has 0 unspecified atom stereocenters. The first-order valence-corrected chi connectivity index (χ1v) is 7.72. The molecule has 0 bridgehead atoms. The van der Waals surface area contributed by atoms with Gasteiger partial charge in [-0.3, -0.25) is 10.3 Å². The van der Waals surface area contributed by atoms with Gasteiger partial charge in [0.25, 0.3) is 0 Å². The summed E-state index contributed by atoms with van der Waals surface area (Å²) in [5.41, 5.74) is 8.95. The lowest BCUT2D eigenvalue weighted by Gasteiger charge is -2.27. The van der Waals surface area contributed by atoms with Crippen LogP contribution in [0, 0.1) is 12.3 Å². The summed E-state index contributed by atoms with van der Waals surface area (Å²) < 4.78 is 0. The maximum atomic E-state index is 7.50. The summed E-state index contributed by atoms with van der Waals surface area (Å²) in [4.78, 5) is 2.50. The number of nitrogens with zero attached hydrogens (tertiary/aromatic N) is 1. The van der Waals surface area contributed by atoms with E-state index in [0.29, 0.717) is 0 Å². The number of hydrogen-bond donors (Lipinski definition) is 2. The number of nitrogen functional groups attached to an aromatic ring is 1. The molecule has 1 saturated carbocycles. The Hall–Kier alpha value is -1.35. The van der Waals surface area contributed by atoms with Crippen LogP contribution in [0.4, 0.5) is 0 Å². The Morgan fingerprint density at radius 3 is 2.45 bits per heavy atom. The van der Waals surface area contributed by atoms with Gasteiger partial charge in [0.05, 0.1) is 0 Å². The Morgan fingerprint density at radius 1 is 1.25 bits per heavy atom. The summed E-state index contributed by atoms with van der Waals surface area (Å²) in [5.74, 6) is 0.150. The van der Waals surface area contributed by atoms with Crippen molar-refractivity contribution in [1.82, 2.24) is 4.90 Å². The summed E-state index contributed by atoms with van der Waals surface area (Å²) in [6, 6.07) is 6.84. The van der Waals surface area contributed by atoms with Crippen molar-refractivity contribution in [2.24, 2.45) is 5.73 Å². The van der Waals surface area contributed by atoms with Gasteiger partial charge in [0.1, 0.15) is 5.84 Å². The minimum absolute atomic E-state index is 0.150. The third-order valence-electron chi connectivity index (χ3n) is 4.52. The van der Waals surface area contributed by atoms with Gasteiger partial charge in [-0.25, -0.2) is 0 Å². The maximum absolute atomic E-state index is 7.50. The molecule has 20 heavy (non-hydrogen) atoms. The molecule has 0 radical (unpaired) electrons. The Kier molecular flexibility index (Phi) is 5.18. The topological polar surface area (TPSA) is 53.1 Å². The molecule has 1 aromatic rings. The molecule has 0 aromatic heterocycles. The molecular weight excluding hydrogens is 246 g/mol. The highest BCUT2D eigenvalue weighted by Gasteiger charge is 2.17. The highest BCUT2D eigenvalue weighted by molar-refractivity contribution is 5.95. The van der Waals surface area contributed by atoms with Crippen LogP contribution in [-0.4, -0.2) is 23.8 Å². The molecule has 3 N–H and O–H groups in total. The van der Waals surface area contributed by atoms with Crippen molar-refractivity contribution in [2.75, 3.05) is 7.05 Å². The third-order valence-corrected chi connectivity index (χ3v) is 4.52. The molecule has 0 heterocycles. The average molecular weight is 273 g/mol. The van der Waals surface area contributed by atoms with Crippen LogP contribution in [0.3, 0.4) is 0 Å². The van der Waals surface area contributed by atoms with E-state index in [1.54, 1.807) is 0 Å². The van der Waals surface area contributed by atoms with Crippen molar-refractivity contribution < 1.29 is 0 Å². The van der Waals surface area contributed by atoms with E-state index in [1.807, 2.05) is 12.1 Å². The number of nitrogens with two attached hydrogens (primary N) is 1. The Labute approximate surface area is 122 Å². The van der Waals surface area contributed by atoms with Crippen molar-refractivity contribution in [3.8, 4) is 0 Å². The molecule has 0 amide bonds. The predicted octanol–water partition coefficient (Wildman–Crippen LogP) is 3.43. The number of hydrogen-bond acceptors (Lipinski definition) is 2. The summed E-state index contributed by atoms with van der Waals surface area (Å²) in [7, 11) is 2.24.